The van der Waals surface area contributed by atoms with Gasteiger partial charge in [-0.05, 0) is 80.3 Å². The fraction of sp³-hybridized carbons (Fsp3) is 0.607. The summed E-state index contributed by atoms with van der Waals surface area (Å²) in [6, 6.07) is 10.6. The lowest BCUT2D eigenvalue weighted by Crippen LogP contribution is -2.28. The number of carboxylic acids is 1. The fourth-order valence-electron chi connectivity index (χ4n) is 4.84. The molecule has 2 aliphatic rings. The first-order valence-electron chi connectivity index (χ1n) is 12.3. The van der Waals surface area contributed by atoms with Gasteiger partial charge < -0.3 is 5.11 Å². The van der Waals surface area contributed by atoms with Crippen LogP contribution in [0.3, 0.4) is 0 Å². The van der Waals surface area contributed by atoms with Crippen LogP contribution < -0.4 is 0 Å². The molecule has 0 amide bonds. The minimum atomic E-state index is -0.685. The Hall–Kier alpha value is -1.31. The van der Waals surface area contributed by atoms with Crippen LogP contribution in [0.4, 0.5) is 0 Å². The second kappa shape index (κ2) is 14.8. The highest BCUT2D eigenvalue weighted by molar-refractivity contribution is 8.01. The van der Waals surface area contributed by atoms with E-state index in [-0.39, 0.29) is 6.42 Å². The summed E-state index contributed by atoms with van der Waals surface area (Å²) in [5, 5.41) is 10.5. The maximum absolute atomic E-state index is 10.6. The number of benzene rings is 1. The highest BCUT2D eigenvalue weighted by Crippen LogP contribution is 2.55. The summed E-state index contributed by atoms with van der Waals surface area (Å²) in [5.74, 6) is 10.3. The summed E-state index contributed by atoms with van der Waals surface area (Å²) >= 11 is 4.41. The Kier molecular flexibility index (Phi) is 11.7. The monoisotopic (exact) mass is 470 g/mol. The summed E-state index contributed by atoms with van der Waals surface area (Å²) in [6.07, 6.45) is 16.1. The smallest absolute Gasteiger partial charge is 0.303 e. The predicted octanol–water partition coefficient (Wildman–Crippen LogP) is 7.24. The molecule has 1 aromatic carbocycles. The Morgan fingerprint density at radius 2 is 1.81 bits per heavy atom. The molecule has 2 heterocycles. The molecule has 0 spiro atoms. The first kappa shape index (κ1) is 25.3. The summed E-state index contributed by atoms with van der Waals surface area (Å²) in [4.78, 5) is 10.6. The van der Waals surface area contributed by atoms with Crippen molar-refractivity contribution in [2.45, 2.75) is 81.1 Å². The van der Waals surface area contributed by atoms with Crippen LogP contribution in [-0.2, 0) is 11.2 Å². The number of aliphatic carboxylic acids is 1. The highest BCUT2D eigenvalue weighted by atomic mass is 32.2. The third kappa shape index (κ3) is 8.91. The van der Waals surface area contributed by atoms with Crippen LogP contribution in [-0.4, -0.2) is 33.1 Å². The topological polar surface area (TPSA) is 37.3 Å². The van der Waals surface area contributed by atoms with Gasteiger partial charge in [0.05, 0.1) is 0 Å². The van der Waals surface area contributed by atoms with Gasteiger partial charge in [0.25, 0.3) is 0 Å². The van der Waals surface area contributed by atoms with Crippen molar-refractivity contribution in [3.8, 4) is 11.8 Å². The molecule has 32 heavy (non-hydrogen) atoms. The van der Waals surface area contributed by atoms with E-state index in [1.807, 2.05) is 0 Å². The first-order chi connectivity index (χ1) is 15.7. The van der Waals surface area contributed by atoms with E-state index >= 15 is 0 Å². The van der Waals surface area contributed by atoms with Crippen LogP contribution in [0.1, 0.15) is 69.8 Å². The molecule has 0 saturated carbocycles. The van der Waals surface area contributed by atoms with Crippen LogP contribution in [0.2, 0.25) is 0 Å². The lowest BCUT2D eigenvalue weighted by Gasteiger charge is -2.28. The van der Waals surface area contributed by atoms with Gasteiger partial charge in [0.2, 0.25) is 0 Å². The SMILES string of the molecule is O=C(O)CCCC=CC[C@@H]1[C@H](CSCCCCC#CCCc2ccccc2)[C@@H]2CC[C@H]1S2. The van der Waals surface area contributed by atoms with Crippen molar-refractivity contribution in [2.24, 2.45) is 11.8 Å². The molecule has 2 fully saturated rings. The number of hydrogen-bond acceptors (Lipinski definition) is 3. The van der Waals surface area contributed by atoms with Crippen LogP contribution in [0.25, 0.3) is 0 Å². The van der Waals surface area contributed by atoms with Crippen molar-refractivity contribution in [3.05, 3.63) is 48.0 Å². The molecule has 1 aromatic rings. The summed E-state index contributed by atoms with van der Waals surface area (Å²) < 4.78 is 0. The molecule has 4 heteroatoms. The normalized spacial score (nSPS) is 24.0. The quantitative estimate of drug-likeness (QED) is 0.177. The molecular formula is C28H38O2S2. The van der Waals surface area contributed by atoms with E-state index in [0.29, 0.717) is 0 Å². The van der Waals surface area contributed by atoms with Gasteiger partial charge in [-0.1, -0.05) is 42.5 Å². The lowest BCUT2D eigenvalue weighted by molar-refractivity contribution is -0.137. The second-order valence-corrected chi connectivity index (χ2v) is 11.6. The number of hydrogen-bond donors (Lipinski definition) is 1. The van der Waals surface area contributed by atoms with Crippen molar-refractivity contribution >= 4 is 29.5 Å². The van der Waals surface area contributed by atoms with Crippen LogP contribution >= 0.6 is 23.5 Å². The largest absolute Gasteiger partial charge is 0.481 e. The molecule has 0 aliphatic carbocycles. The zero-order valence-electron chi connectivity index (χ0n) is 19.2. The van der Waals surface area contributed by atoms with E-state index in [1.165, 1.54) is 49.2 Å². The minimum Gasteiger partial charge on any atom is -0.481 e. The Labute approximate surface area is 203 Å². The molecule has 3 rings (SSSR count). The number of carboxylic acid groups (broad SMARTS) is 1. The molecule has 174 valence electrons. The Bertz CT molecular complexity index is 765. The number of thioether (sulfide) groups is 2. The van der Waals surface area contributed by atoms with E-state index < -0.39 is 5.97 Å². The van der Waals surface area contributed by atoms with Gasteiger partial charge in [-0.2, -0.15) is 23.5 Å². The van der Waals surface area contributed by atoms with Gasteiger partial charge in [0, 0.05) is 29.8 Å². The maximum Gasteiger partial charge on any atom is 0.303 e. The number of unbranched alkanes of at least 4 members (excludes halogenated alkanes) is 3. The zero-order chi connectivity index (χ0) is 22.4. The Morgan fingerprint density at radius 3 is 2.62 bits per heavy atom. The Morgan fingerprint density at radius 1 is 1.03 bits per heavy atom. The van der Waals surface area contributed by atoms with E-state index in [9.17, 15) is 4.79 Å². The molecular weight excluding hydrogens is 432 g/mol. The van der Waals surface area contributed by atoms with E-state index in [0.717, 1.165) is 54.4 Å². The first-order valence-corrected chi connectivity index (χ1v) is 14.4. The molecule has 0 radical (unpaired) electrons. The average Bonchev–Trinajstić information content (AvgIpc) is 3.40. The standard InChI is InChI=1S/C28H38O2S2/c29-28(30)18-12-5-4-11-17-24-25(27-20-19-26(24)32-27)22-31-21-13-6-2-1-3-8-14-23-15-9-7-10-16-23/h4,7,9-11,15-16,24-27H,2,5-6,8,12-14,17-22H2,(H,29,30)/t24-,25+,26-,27+/m1/s1. The van der Waals surface area contributed by atoms with Crippen LogP contribution in [0, 0.1) is 23.7 Å². The van der Waals surface area contributed by atoms with Crippen molar-refractivity contribution in [2.75, 3.05) is 11.5 Å². The molecule has 2 nitrogen and oxygen atoms in total. The number of carbonyl (C=O) groups is 1. The summed E-state index contributed by atoms with van der Waals surface area (Å²) in [7, 11) is 0. The second-order valence-electron chi connectivity index (χ2n) is 8.98. The third-order valence-corrected chi connectivity index (χ3v) is 9.65. The summed E-state index contributed by atoms with van der Waals surface area (Å²) in [5.41, 5.74) is 1.38. The zero-order valence-corrected chi connectivity index (χ0v) is 20.8. The molecule has 4 atom stereocenters. The molecule has 2 saturated heterocycles. The Balaban J connectivity index is 1.24. The molecule has 2 bridgehead atoms. The third-order valence-electron chi connectivity index (χ3n) is 6.58. The van der Waals surface area contributed by atoms with E-state index in [1.54, 1.807) is 0 Å². The van der Waals surface area contributed by atoms with Gasteiger partial charge >= 0.3 is 5.97 Å². The number of rotatable bonds is 14. The van der Waals surface area contributed by atoms with E-state index in [2.05, 4.69) is 77.8 Å². The average molecular weight is 471 g/mol. The van der Waals surface area contributed by atoms with Crippen molar-refractivity contribution in [1.82, 2.24) is 0 Å². The van der Waals surface area contributed by atoms with Gasteiger partial charge in [-0.25, -0.2) is 0 Å². The summed E-state index contributed by atoms with van der Waals surface area (Å²) in [6.45, 7) is 0. The van der Waals surface area contributed by atoms with Gasteiger partial charge in [-0.15, -0.1) is 11.8 Å². The van der Waals surface area contributed by atoms with Crippen molar-refractivity contribution in [1.29, 1.82) is 0 Å². The fourth-order valence-corrected chi connectivity index (χ4v) is 8.29. The maximum atomic E-state index is 10.6. The molecule has 1 N–H and O–H groups in total. The minimum absolute atomic E-state index is 0.285. The predicted molar refractivity (Wildman–Crippen MR) is 140 cm³/mol. The van der Waals surface area contributed by atoms with Gasteiger partial charge in [-0.3, -0.25) is 4.79 Å². The molecule has 0 aromatic heterocycles. The highest BCUT2D eigenvalue weighted by Gasteiger charge is 2.47. The number of allylic oxidation sites excluding steroid dienone is 2. The van der Waals surface area contributed by atoms with Crippen LogP contribution in [0.5, 0.6) is 0 Å². The molecule has 2 aliphatic heterocycles. The van der Waals surface area contributed by atoms with Gasteiger partial charge in [0.1, 0.15) is 0 Å². The molecule has 0 unspecified atom stereocenters. The van der Waals surface area contributed by atoms with Crippen molar-refractivity contribution in [3.63, 3.8) is 0 Å². The van der Waals surface area contributed by atoms with E-state index in [4.69, 9.17) is 5.11 Å². The van der Waals surface area contributed by atoms with Gasteiger partial charge in [0.15, 0.2) is 0 Å². The van der Waals surface area contributed by atoms with Crippen LogP contribution in [0.15, 0.2) is 42.5 Å². The number of fused-ring (bicyclic) bond motifs is 2. The number of aryl methyl sites for hydroxylation is 1. The lowest BCUT2D eigenvalue weighted by atomic mass is 9.78. The van der Waals surface area contributed by atoms with Crippen molar-refractivity contribution < 1.29 is 9.90 Å².